The fraction of sp³-hybridized carbons (Fsp3) is 0.474. The van der Waals surface area contributed by atoms with Crippen LogP contribution in [-0.4, -0.2) is 34.2 Å². The van der Waals surface area contributed by atoms with Gasteiger partial charge in [0.05, 0.1) is 11.4 Å². The van der Waals surface area contributed by atoms with E-state index in [4.69, 9.17) is 5.73 Å². The van der Waals surface area contributed by atoms with Crippen LogP contribution in [0.15, 0.2) is 30.3 Å². The van der Waals surface area contributed by atoms with Gasteiger partial charge < -0.3 is 5.73 Å². The van der Waals surface area contributed by atoms with E-state index in [-0.39, 0.29) is 0 Å². The molecule has 1 saturated heterocycles. The Morgan fingerprint density at radius 2 is 2.00 bits per heavy atom. The minimum absolute atomic E-state index is 0.318. The lowest BCUT2D eigenvalue weighted by atomic mass is 9.87. The summed E-state index contributed by atoms with van der Waals surface area (Å²) in [5, 5.41) is 8.97. The van der Waals surface area contributed by atoms with Crippen LogP contribution in [0.25, 0.3) is 11.3 Å². The van der Waals surface area contributed by atoms with E-state index in [1.165, 1.54) is 42.4 Å². The summed E-state index contributed by atoms with van der Waals surface area (Å²) in [7, 11) is 0. The number of fused-ring (bicyclic) bond motifs is 1. The van der Waals surface area contributed by atoms with Crippen molar-refractivity contribution >= 4 is 0 Å². The Balaban J connectivity index is 1.54. The summed E-state index contributed by atoms with van der Waals surface area (Å²) in [5.41, 5.74) is 12.2. The van der Waals surface area contributed by atoms with Crippen molar-refractivity contribution < 1.29 is 0 Å². The van der Waals surface area contributed by atoms with Gasteiger partial charge in [-0.05, 0) is 55.4 Å². The van der Waals surface area contributed by atoms with Crippen LogP contribution in [0.1, 0.15) is 36.1 Å². The molecule has 0 bridgehead atoms. The molecule has 4 nitrogen and oxygen atoms in total. The number of nitrogens with zero attached hydrogens (tertiary/aromatic N) is 3. The molecule has 1 fully saturated rings. The van der Waals surface area contributed by atoms with Crippen LogP contribution in [-0.2, 0) is 19.4 Å². The smallest absolute Gasteiger partial charge is 0.0932 e. The SMILES string of the molecule is NC1CCN(Cc2ccc(-c3cccc4c3CCCC4)nn2)C1. The number of hydrogen-bond donors (Lipinski definition) is 1. The van der Waals surface area contributed by atoms with Gasteiger partial charge >= 0.3 is 0 Å². The highest BCUT2D eigenvalue weighted by Crippen LogP contribution is 2.30. The van der Waals surface area contributed by atoms with Gasteiger partial charge in [0.25, 0.3) is 0 Å². The molecule has 0 radical (unpaired) electrons. The first kappa shape index (κ1) is 14.8. The predicted molar refractivity (Wildman–Crippen MR) is 92.0 cm³/mol. The minimum Gasteiger partial charge on any atom is -0.326 e. The van der Waals surface area contributed by atoms with E-state index in [1.807, 2.05) is 0 Å². The number of rotatable bonds is 3. The molecule has 0 saturated carbocycles. The van der Waals surface area contributed by atoms with Gasteiger partial charge in [-0.2, -0.15) is 10.2 Å². The molecule has 2 N–H and O–H groups in total. The van der Waals surface area contributed by atoms with Gasteiger partial charge in [-0.15, -0.1) is 0 Å². The second-order valence-corrected chi connectivity index (χ2v) is 6.84. The maximum atomic E-state index is 5.97. The highest BCUT2D eigenvalue weighted by Gasteiger charge is 2.20. The van der Waals surface area contributed by atoms with E-state index in [0.29, 0.717) is 6.04 Å². The van der Waals surface area contributed by atoms with Gasteiger partial charge in [-0.3, -0.25) is 4.90 Å². The van der Waals surface area contributed by atoms with E-state index in [1.54, 1.807) is 0 Å². The van der Waals surface area contributed by atoms with Crippen molar-refractivity contribution in [2.45, 2.75) is 44.7 Å². The first-order chi connectivity index (χ1) is 11.3. The van der Waals surface area contributed by atoms with Crippen LogP contribution >= 0.6 is 0 Å². The molecule has 1 aliphatic heterocycles. The number of nitrogens with two attached hydrogens (primary N) is 1. The minimum atomic E-state index is 0.318. The molecule has 0 amide bonds. The van der Waals surface area contributed by atoms with Gasteiger partial charge in [-0.25, -0.2) is 0 Å². The van der Waals surface area contributed by atoms with Gasteiger partial charge in [0.15, 0.2) is 0 Å². The Morgan fingerprint density at radius 1 is 1.09 bits per heavy atom. The molecule has 120 valence electrons. The van der Waals surface area contributed by atoms with Crippen molar-refractivity contribution in [2.24, 2.45) is 5.73 Å². The van der Waals surface area contributed by atoms with Gasteiger partial charge in [0.2, 0.25) is 0 Å². The zero-order valence-corrected chi connectivity index (χ0v) is 13.5. The van der Waals surface area contributed by atoms with Gasteiger partial charge in [-0.1, -0.05) is 18.2 Å². The van der Waals surface area contributed by atoms with Crippen LogP contribution in [0, 0.1) is 0 Å². The van der Waals surface area contributed by atoms with Crippen LogP contribution in [0.5, 0.6) is 0 Å². The maximum absolute atomic E-state index is 5.97. The number of likely N-dealkylation sites (tertiary alicyclic amines) is 1. The third kappa shape index (κ3) is 3.14. The van der Waals surface area contributed by atoms with Crippen molar-refractivity contribution in [1.82, 2.24) is 15.1 Å². The van der Waals surface area contributed by atoms with Crippen LogP contribution < -0.4 is 5.73 Å². The highest BCUT2D eigenvalue weighted by molar-refractivity contribution is 5.65. The Morgan fingerprint density at radius 3 is 2.78 bits per heavy atom. The summed E-state index contributed by atoms with van der Waals surface area (Å²) in [4.78, 5) is 2.36. The third-order valence-corrected chi connectivity index (χ3v) is 5.09. The molecule has 0 spiro atoms. The van der Waals surface area contributed by atoms with Crippen molar-refractivity contribution in [3.8, 4) is 11.3 Å². The van der Waals surface area contributed by atoms with Crippen LogP contribution in [0.2, 0.25) is 0 Å². The predicted octanol–water partition coefficient (Wildman–Crippen LogP) is 2.56. The molecular formula is C19H24N4. The maximum Gasteiger partial charge on any atom is 0.0932 e. The summed E-state index contributed by atoms with van der Waals surface area (Å²) in [5.74, 6) is 0. The van der Waals surface area contributed by atoms with E-state index in [2.05, 4.69) is 45.4 Å². The van der Waals surface area contributed by atoms with Crippen molar-refractivity contribution in [3.05, 3.63) is 47.2 Å². The molecule has 2 aliphatic rings. The lowest BCUT2D eigenvalue weighted by Gasteiger charge is -2.19. The zero-order valence-electron chi connectivity index (χ0n) is 13.5. The quantitative estimate of drug-likeness (QED) is 0.947. The monoisotopic (exact) mass is 308 g/mol. The topological polar surface area (TPSA) is 55.0 Å². The van der Waals surface area contributed by atoms with Crippen molar-refractivity contribution in [3.63, 3.8) is 0 Å². The number of aromatic nitrogens is 2. The Labute approximate surface area is 137 Å². The summed E-state index contributed by atoms with van der Waals surface area (Å²) in [6, 6.07) is 11.2. The van der Waals surface area contributed by atoms with Gasteiger partial charge in [0, 0.05) is 31.2 Å². The average Bonchev–Trinajstić information content (AvgIpc) is 3.00. The van der Waals surface area contributed by atoms with Gasteiger partial charge in [0.1, 0.15) is 0 Å². The third-order valence-electron chi connectivity index (χ3n) is 5.09. The molecule has 1 aliphatic carbocycles. The fourth-order valence-corrected chi connectivity index (χ4v) is 3.84. The first-order valence-corrected chi connectivity index (χ1v) is 8.71. The van der Waals surface area contributed by atoms with Crippen LogP contribution in [0.4, 0.5) is 0 Å². The van der Waals surface area contributed by atoms with Crippen LogP contribution in [0.3, 0.4) is 0 Å². The largest absolute Gasteiger partial charge is 0.326 e. The van der Waals surface area contributed by atoms with E-state index in [0.717, 1.165) is 37.4 Å². The Bertz CT molecular complexity index is 680. The molecule has 1 aromatic heterocycles. The molecule has 1 aromatic carbocycles. The Kier molecular flexibility index (Phi) is 4.10. The summed E-state index contributed by atoms with van der Waals surface area (Å²) in [6.45, 7) is 2.89. The van der Waals surface area contributed by atoms with E-state index >= 15 is 0 Å². The summed E-state index contributed by atoms with van der Waals surface area (Å²) < 4.78 is 0. The summed E-state index contributed by atoms with van der Waals surface area (Å²) >= 11 is 0. The van der Waals surface area contributed by atoms with E-state index < -0.39 is 0 Å². The first-order valence-electron chi connectivity index (χ1n) is 8.71. The summed E-state index contributed by atoms with van der Waals surface area (Å²) in [6.07, 6.45) is 6.04. The van der Waals surface area contributed by atoms with E-state index in [9.17, 15) is 0 Å². The molecule has 4 heteroatoms. The fourth-order valence-electron chi connectivity index (χ4n) is 3.84. The second kappa shape index (κ2) is 6.38. The number of benzene rings is 1. The molecule has 1 unspecified atom stereocenters. The number of hydrogen-bond acceptors (Lipinski definition) is 4. The average molecular weight is 308 g/mol. The van der Waals surface area contributed by atoms with Crippen molar-refractivity contribution in [1.29, 1.82) is 0 Å². The zero-order chi connectivity index (χ0) is 15.6. The standard InChI is InChI=1S/C19H24N4/c20-15-10-11-23(12-15)13-16-8-9-19(22-21-16)18-7-3-5-14-4-1-2-6-17(14)18/h3,5,7-9,15H,1-2,4,6,10-13,20H2. The lowest BCUT2D eigenvalue weighted by molar-refractivity contribution is 0.321. The normalized spacial score (nSPS) is 21.3. The Hall–Kier alpha value is -1.78. The molecular weight excluding hydrogens is 284 g/mol. The molecule has 2 heterocycles. The highest BCUT2D eigenvalue weighted by atomic mass is 15.2. The lowest BCUT2D eigenvalue weighted by Crippen LogP contribution is -2.26. The van der Waals surface area contributed by atoms with Crippen molar-refractivity contribution in [2.75, 3.05) is 13.1 Å². The second-order valence-electron chi connectivity index (χ2n) is 6.84. The molecule has 23 heavy (non-hydrogen) atoms. The molecule has 2 aromatic rings. The molecule has 4 rings (SSSR count). The number of aryl methyl sites for hydroxylation is 1. The molecule has 1 atom stereocenters.